The van der Waals surface area contributed by atoms with Gasteiger partial charge in [0, 0.05) is 11.1 Å². The molecule has 1 nitrogen and oxygen atoms in total. The summed E-state index contributed by atoms with van der Waals surface area (Å²) in [4.78, 5) is 0. The second-order valence-corrected chi connectivity index (χ2v) is 4.17. The van der Waals surface area contributed by atoms with E-state index in [2.05, 4.69) is 0 Å². The number of benzene rings is 2. The summed E-state index contributed by atoms with van der Waals surface area (Å²) < 4.78 is 40.4. The largest absolute Gasteiger partial charge is 0.320 e. The maximum atomic E-state index is 13.7. The van der Waals surface area contributed by atoms with Gasteiger partial charge in [0.2, 0.25) is 0 Å². The lowest BCUT2D eigenvalue weighted by atomic mass is 9.98. The number of hydrogen-bond donors (Lipinski definition) is 1. The first-order chi connectivity index (χ1) is 8.52. The van der Waals surface area contributed by atoms with E-state index in [1.165, 1.54) is 30.3 Å². The fourth-order valence-electron chi connectivity index (χ4n) is 1.69. The lowest BCUT2D eigenvalue weighted by Gasteiger charge is -2.15. The van der Waals surface area contributed by atoms with E-state index in [0.29, 0.717) is 0 Å². The first kappa shape index (κ1) is 12.9. The molecule has 0 aliphatic carbocycles. The molecule has 18 heavy (non-hydrogen) atoms. The van der Waals surface area contributed by atoms with E-state index in [4.69, 9.17) is 17.3 Å². The van der Waals surface area contributed by atoms with Crippen LogP contribution in [0.2, 0.25) is 5.02 Å². The zero-order valence-electron chi connectivity index (χ0n) is 9.13. The molecule has 2 aromatic rings. The van der Waals surface area contributed by atoms with Gasteiger partial charge < -0.3 is 5.73 Å². The Morgan fingerprint density at radius 2 is 1.44 bits per heavy atom. The lowest BCUT2D eigenvalue weighted by molar-refractivity contribution is 0.492. The fraction of sp³-hybridized carbons (Fsp3) is 0.0769. The van der Waals surface area contributed by atoms with Crippen LogP contribution in [0.1, 0.15) is 17.2 Å². The highest BCUT2D eigenvalue weighted by Crippen LogP contribution is 2.28. The molecule has 0 aromatic heterocycles. The van der Waals surface area contributed by atoms with E-state index in [9.17, 15) is 13.2 Å². The maximum absolute atomic E-state index is 13.7. The molecule has 0 heterocycles. The van der Waals surface area contributed by atoms with Crippen molar-refractivity contribution in [1.82, 2.24) is 0 Å². The molecular weight excluding hydrogens is 263 g/mol. The van der Waals surface area contributed by atoms with Crippen molar-refractivity contribution >= 4 is 11.6 Å². The van der Waals surface area contributed by atoms with Gasteiger partial charge in [-0.2, -0.15) is 0 Å². The van der Waals surface area contributed by atoms with Crippen molar-refractivity contribution in [2.45, 2.75) is 6.04 Å². The Hall–Kier alpha value is -1.52. The number of rotatable bonds is 2. The molecule has 0 radical (unpaired) electrons. The zero-order chi connectivity index (χ0) is 13.3. The molecule has 1 unspecified atom stereocenters. The number of nitrogens with two attached hydrogens (primary N) is 1. The minimum Gasteiger partial charge on any atom is -0.320 e. The Labute approximate surface area is 107 Å². The first-order valence-electron chi connectivity index (χ1n) is 5.15. The van der Waals surface area contributed by atoms with Gasteiger partial charge >= 0.3 is 0 Å². The van der Waals surface area contributed by atoms with Crippen LogP contribution in [0.4, 0.5) is 13.2 Å². The van der Waals surface area contributed by atoms with Crippen LogP contribution in [0, 0.1) is 17.5 Å². The van der Waals surface area contributed by atoms with Gasteiger partial charge in [-0.1, -0.05) is 35.9 Å². The Kier molecular flexibility index (Phi) is 3.59. The third kappa shape index (κ3) is 2.21. The second kappa shape index (κ2) is 5.00. The molecule has 0 saturated carbocycles. The van der Waals surface area contributed by atoms with E-state index in [-0.39, 0.29) is 16.1 Å². The minimum atomic E-state index is -1.11. The van der Waals surface area contributed by atoms with Crippen molar-refractivity contribution < 1.29 is 13.2 Å². The second-order valence-electron chi connectivity index (χ2n) is 3.76. The smallest absolute Gasteiger partial charge is 0.163 e. The van der Waals surface area contributed by atoms with Crippen LogP contribution in [0.5, 0.6) is 0 Å². The van der Waals surface area contributed by atoms with Crippen molar-refractivity contribution in [3.63, 3.8) is 0 Å². The van der Waals surface area contributed by atoms with Crippen LogP contribution >= 0.6 is 11.6 Å². The summed E-state index contributed by atoms with van der Waals surface area (Å²) in [5.41, 5.74) is 5.66. The van der Waals surface area contributed by atoms with Gasteiger partial charge in [0.15, 0.2) is 11.6 Å². The fourth-order valence-corrected chi connectivity index (χ4v) is 1.87. The summed E-state index contributed by atoms with van der Waals surface area (Å²) in [6.07, 6.45) is 0. The van der Waals surface area contributed by atoms with Gasteiger partial charge in [0.1, 0.15) is 5.82 Å². The molecular formula is C13H9ClF3N. The van der Waals surface area contributed by atoms with Crippen molar-refractivity contribution in [2.24, 2.45) is 5.73 Å². The zero-order valence-corrected chi connectivity index (χ0v) is 9.89. The van der Waals surface area contributed by atoms with E-state index in [1.807, 2.05) is 0 Å². The van der Waals surface area contributed by atoms with Crippen LogP contribution in [-0.4, -0.2) is 0 Å². The average molecular weight is 272 g/mol. The first-order valence-corrected chi connectivity index (χ1v) is 5.53. The minimum absolute atomic E-state index is 0.0204. The Balaban J connectivity index is 2.51. The predicted octanol–water partition coefficient (Wildman–Crippen LogP) is 3.81. The molecule has 0 aliphatic rings. The van der Waals surface area contributed by atoms with Crippen LogP contribution in [0.3, 0.4) is 0 Å². The van der Waals surface area contributed by atoms with Crippen molar-refractivity contribution in [2.75, 3.05) is 0 Å². The summed E-state index contributed by atoms with van der Waals surface area (Å²) in [5.74, 6) is -2.83. The third-order valence-electron chi connectivity index (χ3n) is 2.63. The topological polar surface area (TPSA) is 26.0 Å². The molecule has 0 aliphatic heterocycles. The molecule has 2 N–H and O–H groups in total. The summed E-state index contributed by atoms with van der Waals surface area (Å²) in [6, 6.07) is 6.72. The Morgan fingerprint density at radius 1 is 0.889 bits per heavy atom. The summed E-state index contributed by atoms with van der Waals surface area (Å²) >= 11 is 5.62. The SMILES string of the molecule is NC(c1cccc(F)c1F)c1cccc(Cl)c1F. The quantitative estimate of drug-likeness (QED) is 0.883. The van der Waals surface area contributed by atoms with E-state index >= 15 is 0 Å². The van der Waals surface area contributed by atoms with Crippen molar-refractivity contribution in [3.8, 4) is 0 Å². The van der Waals surface area contributed by atoms with E-state index < -0.39 is 23.5 Å². The number of hydrogen-bond acceptors (Lipinski definition) is 1. The molecule has 0 saturated heterocycles. The highest BCUT2D eigenvalue weighted by Gasteiger charge is 2.20. The van der Waals surface area contributed by atoms with Crippen molar-refractivity contribution in [3.05, 3.63) is 70.0 Å². The molecule has 0 amide bonds. The molecule has 0 fully saturated rings. The molecule has 94 valence electrons. The maximum Gasteiger partial charge on any atom is 0.163 e. The highest BCUT2D eigenvalue weighted by molar-refractivity contribution is 6.30. The summed E-state index contributed by atoms with van der Waals surface area (Å²) in [6.45, 7) is 0. The molecule has 0 spiro atoms. The van der Waals surface area contributed by atoms with Gasteiger partial charge in [0.25, 0.3) is 0 Å². The van der Waals surface area contributed by atoms with Crippen LogP contribution in [0.15, 0.2) is 36.4 Å². The molecule has 5 heteroatoms. The Morgan fingerprint density at radius 3 is 2.11 bits per heavy atom. The van der Waals surface area contributed by atoms with Gasteiger partial charge in [-0.3, -0.25) is 0 Å². The molecule has 2 rings (SSSR count). The Bertz CT molecular complexity index is 535. The monoisotopic (exact) mass is 271 g/mol. The molecule has 2 aromatic carbocycles. The molecule has 1 atom stereocenters. The highest BCUT2D eigenvalue weighted by atomic mass is 35.5. The van der Waals surface area contributed by atoms with Crippen LogP contribution in [-0.2, 0) is 0 Å². The van der Waals surface area contributed by atoms with Gasteiger partial charge in [-0.25, -0.2) is 13.2 Å². The normalized spacial score (nSPS) is 12.5. The molecule has 0 bridgehead atoms. The van der Waals surface area contributed by atoms with Gasteiger partial charge in [0.05, 0.1) is 11.1 Å². The third-order valence-corrected chi connectivity index (χ3v) is 2.92. The van der Waals surface area contributed by atoms with Crippen LogP contribution in [0.25, 0.3) is 0 Å². The van der Waals surface area contributed by atoms with Gasteiger partial charge in [-0.05, 0) is 12.1 Å². The van der Waals surface area contributed by atoms with E-state index in [1.54, 1.807) is 0 Å². The van der Waals surface area contributed by atoms with Gasteiger partial charge in [-0.15, -0.1) is 0 Å². The lowest BCUT2D eigenvalue weighted by Crippen LogP contribution is -2.16. The van der Waals surface area contributed by atoms with Crippen LogP contribution < -0.4 is 5.73 Å². The number of halogens is 4. The van der Waals surface area contributed by atoms with Crippen molar-refractivity contribution in [1.29, 1.82) is 0 Å². The summed E-state index contributed by atoms with van der Waals surface area (Å²) in [7, 11) is 0. The standard InChI is InChI=1S/C13H9ClF3N/c14-9-5-1-3-7(11(9)16)13(18)8-4-2-6-10(15)12(8)17/h1-6,13H,18H2. The summed E-state index contributed by atoms with van der Waals surface area (Å²) in [5, 5.41) is -0.111. The van der Waals surface area contributed by atoms with E-state index in [0.717, 1.165) is 6.07 Å². The predicted molar refractivity (Wildman–Crippen MR) is 63.8 cm³/mol. The average Bonchev–Trinajstić information content (AvgIpc) is 2.35.